The van der Waals surface area contributed by atoms with E-state index in [4.69, 9.17) is 11.6 Å². The number of hydrogen-bond acceptors (Lipinski definition) is 1. The molecule has 0 radical (unpaired) electrons. The van der Waals surface area contributed by atoms with Gasteiger partial charge in [0.15, 0.2) is 0 Å². The van der Waals surface area contributed by atoms with Gasteiger partial charge in [-0.2, -0.15) is 0 Å². The van der Waals surface area contributed by atoms with Crippen LogP contribution < -0.4 is 0 Å². The molecule has 0 amide bonds. The van der Waals surface area contributed by atoms with E-state index in [0.29, 0.717) is 0 Å². The van der Waals surface area contributed by atoms with Crippen molar-refractivity contribution in [3.63, 3.8) is 0 Å². The van der Waals surface area contributed by atoms with Crippen LogP contribution >= 0.6 is 11.6 Å². The van der Waals surface area contributed by atoms with Gasteiger partial charge in [0.1, 0.15) is 0 Å². The third kappa shape index (κ3) is 2.23. The van der Waals surface area contributed by atoms with Gasteiger partial charge in [-0.25, -0.2) is 0 Å². The zero-order chi connectivity index (χ0) is 11.5. The number of carbonyl (C=O) groups is 1. The summed E-state index contributed by atoms with van der Waals surface area (Å²) in [6.45, 7) is 6.04. The first kappa shape index (κ1) is 12.3. The Kier molecular flexibility index (Phi) is 3.92. The summed E-state index contributed by atoms with van der Waals surface area (Å²) in [7, 11) is 0. The van der Waals surface area contributed by atoms with Crippen LogP contribution in [0.2, 0.25) is 0 Å². The van der Waals surface area contributed by atoms with Gasteiger partial charge in [-0.05, 0) is 36.9 Å². The number of halogens is 1. The van der Waals surface area contributed by atoms with Crippen molar-refractivity contribution in [1.82, 2.24) is 0 Å². The van der Waals surface area contributed by atoms with Crippen molar-refractivity contribution < 1.29 is 4.79 Å². The summed E-state index contributed by atoms with van der Waals surface area (Å²) >= 11 is 5.74. The van der Waals surface area contributed by atoms with Crippen molar-refractivity contribution >= 4 is 16.8 Å². The summed E-state index contributed by atoms with van der Waals surface area (Å²) < 4.78 is 0. The summed E-state index contributed by atoms with van der Waals surface area (Å²) in [5.41, 5.74) is 1.72. The molecule has 0 unspecified atom stereocenters. The van der Waals surface area contributed by atoms with Gasteiger partial charge in [0.2, 0.25) is 5.24 Å². The number of carbonyl (C=O) groups excluding carboxylic acids is 1. The molecule has 82 valence electrons. The van der Waals surface area contributed by atoms with Crippen molar-refractivity contribution in [3.05, 3.63) is 35.4 Å². The molecule has 0 aliphatic carbocycles. The summed E-state index contributed by atoms with van der Waals surface area (Å²) in [4.78, 5) is 11.6. The van der Waals surface area contributed by atoms with E-state index in [0.717, 1.165) is 18.4 Å². The molecular weight excluding hydrogens is 208 g/mol. The van der Waals surface area contributed by atoms with Crippen LogP contribution in [-0.2, 0) is 10.2 Å². The highest BCUT2D eigenvalue weighted by Gasteiger charge is 2.35. The van der Waals surface area contributed by atoms with Crippen LogP contribution in [-0.4, -0.2) is 5.24 Å². The Morgan fingerprint density at radius 1 is 1.20 bits per heavy atom. The molecule has 0 N–H and O–H groups in total. The first-order valence-electron chi connectivity index (χ1n) is 5.34. The smallest absolute Gasteiger partial charge is 0.232 e. The zero-order valence-corrected chi connectivity index (χ0v) is 10.3. The summed E-state index contributed by atoms with van der Waals surface area (Å²) in [6, 6.07) is 8.05. The molecule has 0 saturated heterocycles. The predicted octanol–water partition coefficient (Wildman–Crippen LogP) is 3.82. The quantitative estimate of drug-likeness (QED) is 0.711. The van der Waals surface area contributed by atoms with E-state index in [2.05, 4.69) is 0 Å². The lowest BCUT2D eigenvalue weighted by atomic mass is 9.77. The van der Waals surface area contributed by atoms with Crippen LogP contribution in [0.15, 0.2) is 24.3 Å². The van der Waals surface area contributed by atoms with E-state index in [1.54, 1.807) is 0 Å². The monoisotopic (exact) mass is 224 g/mol. The van der Waals surface area contributed by atoms with Gasteiger partial charge in [0.05, 0.1) is 5.41 Å². The molecule has 0 spiro atoms. The molecule has 0 bridgehead atoms. The molecule has 1 rings (SSSR count). The van der Waals surface area contributed by atoms with Gasteiger partial charge >= 0.3 is 0 Å². The van der Waals surface area contributed by atoms with Gasteiger partial charge in [-0.1, -0.05) is 43.7 Å². The van der Waals surface area contributed by atoms with Crippen molar-refractivity contribution in [2.24, 2.45) is 0 Å². The first-order valence-corrected chi connectivity index (χ1v) is 5.71. The second kappa shape index (κ2) is 4.80. The molecule has 2 heteroatoms. The largest absolute Gasteiger partial charge is 0.280 e. The zero-order valence-electron chi connectivity index (χ0n) is 9.51. The average Bonchev–Trinajstić information content (AvgIpc) is 2.22. The van der Waals surface area contributed by atoms with Crippen molar-refractivity contribution in [1.29, 1.82) is 0 Å². The number of aryl methyl sites for hydroxylation is 1. The van der Waals surface area contributed by atoms with Gasteiger partial charge in [-0.3, -0.25) is 4.79 Å². The summed E-state index contributed by atoms with van der Waals surface area (Å²) in [5.74, 6) is 0. The fourth-order valence-corrected chi connectivity index (χ4v) is 2.30. The van der Waals surface area contributed by atoms with Crippen LogP contribution in [0.3, 0.4) is 0 Å². The lowest BCUT2D eigenvalue weighted by molar-refractivity contribution is -0.117. The van der Waals surface area contributed by atoms with Crippen LogP contribution in [0.25, 0.3) is 0 Å². The Bertz CT molecular complexity index is 336. The van der Waals surface area contributed by atoms with Gasteiger partial charge in [0, 0.05) is 0 Å². The number of rotatable bonds is 4. The molecule has 0 fully saturated rings. The molecule has 1 nitrogen and oxygen atoms in total. The van der Waals surface area contributed by atoms with Crippen LogP contribution in [0.5, 0.6) is 0 Å². The maximum absolute atomic E-state index is 11.6. The maximum Gasteiger partial charge on any atom is 0.232 e. The molecule has 0 atom stereocenters. The molecule has 0 saturated carbocycles. The molecule has 1 aromatic rings. The minimum Gasteiger partial charge on any atom is -0.280 e. The fourth-order valence-electron chi connectivity index (χ4n) is 1.92. The van der Waals surface area contributed by atoms with E-state index in [-0.39, 0.29) is 5.24 Å². The second-order valence-electron chi connectivity index (χ2n) is 3.93. The van der Waals surface area contributed by atoms with Crippen molar-refractivity contribution in [2.45, 2.75) is 39.0 Å². The molecule has 15 heavy (non-hydrogen) atoms. The minimum absolute atomic E-state index is 0.253. The topological polar surface area (TPSA) is 17.1 Å². The maximum atomic E-state index is 11.6. The first-order chi connectivity index (χ1) is 7.06. The van der Waals surface area contributed by atoms with Gasteiger partial charge < -0.3 is 0 Å². The molecular formula is C13H17ClO. The molecule has 0 heterocycles. The molecule has 1 aromatic carbocycles. The molecule has 0 aromatic heterocycles. The van der Waals surface area contributed by atoms with Crippen molar-refractivity contribution in [3.8, 4) is 0 Å². The Morgan fingerprint density at radius 3 is 2.00 bits per heavy atom. The normalized spacial score (nSPS) is 11.5. The van der Waals surface area contributed by atoms with Crippen molar-refractivity contribution in [2.75, 3.05) is 0 Å². The number of benzene rings is 1. The van der Waals surface area contributed by atoms with E-state index in [1.807, 2.05) is 45.0 Å². The number of hydrogen-bond donors (Lipinski definition) is 0. The fraction of sp³-hybridized carbons (Fsp3) is 0.462. The minimum atomic E-state index is -0.505. The van der Waals surface area contributed by atoms with Crippen LogP contribution in [0, 0.1) is 6.92 Å². The molecule has 0 aliphatic rings. The Balaban J connectivity index is 3.20. The van der Waals surface area contributed by atoms with E-state index >= 15 is 0 Å². The lowest BCUT2D eigenvalue weighted by Crippen LogP contribution is -2.31. The van der Waals surface area contributed by atoms with Gasteiger partial charge in [-0.15, -0.1) is 0 Å². The summed E-state index contributed by atoms with van der Waals surface area (Å²) in [6.07, 6.45) is 1.49. The van der Waals surface area contributed by atoms with E-state index < -0.39 is 5.41 Å². The summed E-state index contributed by atoms with van der Waals surface area (Å²) in [5, 5.41) is -0.253. The lowest BCUT2D eigenvalue weighted by Gasteiger charge is -2.27. The molecule has 0 aliphatic heterocycles. The Morgan fingerprint density at radius 2 is 1.67 bits per heavy atom. The van der Waals surface area contributed by atoms with Crippen LogP contribution in [0.1, 0.15) is 37.8 Å². The second-order valence-corrected chi connectivity index (χ2v) is 4.27. The highest BCUT2D eigenvalue weighted by molar-refractivity contribution is 6.65. The Labute approximate surface area is 96.5 Å². The highest BCUT2D eigenvalue weighted by Crippen LogP contribution is 2.34. The van der Waals surface area contributed by atoms with Crippen LogP contribution in [0.4, 0.5) is 0 Å². The highest BCUT2D eigenvalue weighted by atomic mass is 35.5. The van der Waals surface area contributed by atoms with E-state index in [1.165, 1.54) is 5.56 Å². The van der Waals surface area contributed by atoms with E-state index in [9.17, 15) is 4.79 Å². The Hall–Kier alpha value is -0.820. The third-order valence-electron chi connectivity index (χ3n) is 3.19. The predicted molar refractivity (Wildman–Crippen MR) is 64.3 cm³/mol. The average molecular weight is 225 g/mol. The standard InChI is InChI=1S/C13H17ClO/c1-4-13(5-2,12(14)15)11-8-6-10(3)7-9-11/h6-9H,4-5H2,1-3H3. The SMILES string of the molecule is CCC(CC)(C(=O)Cl)c1ccc(C)cc1. The van der Waals surface area contributed by atoms with Gasteiger partial charge in [0.25, 0.3) is 0 Å². The third-order valence-corrected chi connectivity index (χ3v) is 3.55.